The van der Waals surface area contributed by atoms with E-state index in [0.29, 0.717) is 15.8 Å². The monoisotopic (exact) mass is 312 g/mol. The Morgan fingerprint density at radius 2 is 1.73 bits per heavy atom. The lowest BCUT2D eigenvalue weighted by Crippen LogP contribution is -2.27. The molecule has 4 nitrogen and oxygen atoms in total. The SMILES string of the molecule is O=C(c1cc(-c2ccccc2Cl)c[nH]1)N(O)c1ccccc1. The fourth-order valence-electron chi connectivity index (χ4n) is 2.17. The van der Waals surface area contributed by atoms with E-state index in [1.54, 1.807) is 42.6 Å². The maximum absolute atomic E-state index is 12.3. The van der Waals surface area contributed by atoms with E-state index in [1.165, 1.54) is 0 Å². The van der Waals surface area contributed by atoms with Gasteiger partial charge in [-0.15, -0.1) is 0 Å². The predicted octanol–water partition coefficient (Wildman–Crippen LogP) is 4.37. The average Bonchev–Trinajstić information content (AvgIpc) is 3.04. The minimum atomic E-state index is -0.537. The number of rotatable bonds is 3. The van der Waals surface area contributed by atoms with E-state index in [-0.39, 0.29) is 5.69 Å². The molecule has 0 aliphatic carbocycles. The van der Waals surface area contributed by atoms with Crippen LogP contribution in [0.25, 0.3) is 11.1 Å². The minimum Gasteiger partial charge on any atom is -0.357 e. The molecule has 5 heteroatoms. The first kappa shape index (κ1) is 14.4. The minimum absolute atomic E-state index is 0.279. The Morgan fingerprint density at radius 3 is 2.45 bits per heavy atom. The van der Waals surface area contributed by atoms with Crippen molar-refractivity contribution in [3.63, 3.8) is 0 Å². The Balaban J connectivity index is 1.88. The number of hydrogen-bond acceptors (Lipinski definition) is 2. The molecule has 0 spiro atoms. The predicted molar refractivity (Wildman–Crippen MR) is 86.3 cm³/mol. The van der Waals surface area contributed by atoms with Gasteiger partial charge in [-0.3, -0.25) is 10.0 Å². The van der Waals surface area contributed by atoms with Crippen LogP contribution in [0, 0.1) is 0 Å². The Labute approximate surface area is 132 Å². The molecule has 0 fully saturated rings. The fraction of sp³-hybridized carbons (Fsp3) is 0. The Kier molecular flexibility index (Phi) is 3.96. The van der Waals surface area contributed by atoms with Crippen molar-refractivity contribution in [3.05, 3.63) is 77.6 Å². The Bertz CT molecular complexity index is 799. The highest BCUT2D eigenvalue weighted by molar-refractivity contribution is 6.33. The molecule has 0 saturated heterocycles. The first-order valence-electron chi connectivity index (χ1n) is 6.68. The highest BCUT2D eigenvalue weighted by Gasteiger charge is 2.18. The van der Waals surface area contributed by atoms with E-state index in [9.17, 15) is 10.0 Å². The van der Waals surface area contributed by atoms with Gasteiger partial charge >= 0.3 is 0 Å². The molecule has 110 valence electrons. The molecule has 0 saturated carbocycles. The summed E-state index contributed by atoms with van der Waals surface area (Å²) >= 11 is 6.15. The quantitative estimate of drug-likeness (QED) is 0.557. The smallest absolute Gasteiger partial charge is 0.298 e. The van der Waals surface area contributed by atoms with Crippen LogP contribution in [0.1, 0.15) is 10.5 Å². The zero-order valence-electron chi connectivity index (χ0n) is 11.5. The third-order valence-corrected chi connectivity index (χ3v) is 3.62. The van der Waals surface area contributed by atoms with Gasteiger partial charge in [-0.1, -0.05) is 48.0 Å². The lowest BCUT2D eigenvalue weighted by atomic mass is 10.1. The van der Waals surface area contributed by atoms with Gasteiger partial charge in [-0.05, 0) is 24.3 Å². The van der Waals surface area contributed by atoms with E-state index in [4.69, 9.17) is 11.6 Å². The highest BCUT2D eigenvalue weighted by Crippen LogP contribution is 2.28. The van der Waals surface area contributed by atoms with Crippen molar-refractivity contribution in [1.29, 1.82) is 0 Å². The zero-order valence-corrected chi connectivity index (χ0v) is 12.3. The summed E-state index contributed by atoms with van der Waals surface area (Å²) in [5, 5.41) is 11.2. The van der Waals surface area contributed by atoms with Gasteiger partial charge in [0.2, 0.25) is 0 Å². The number of aromatic amines is 1. The largest absolute Gasteiger partial charge is 0.357 e. The normalized spacial score (nSPS) is 10.5. The van der Waals surface area contributed by atoms with Crippen molar-refractivity contribution in [2.45, 2.75) is 0 Å². The van der Waals surface area contributed by atoms with Crippen LogP contribution in [0.5, 0.6) is 0 Å². The molecule has 0 atom stereocenters. The van der Waals surface area contributed by atoms with E-state index in [2.05, 4.69) is 4.98 Å². The summed E-state index contributed by atoms with van der Waals surface area (Å²) in [6, 6.07) is 17.6. The van der Waals surface area contributed by atoms with E-state index < -0.39 is 5.91 Å². The van der Waals surface area contributed by atoms with Crippen LogP contribution in [0.2, 0.25) is 5.02 Å². The number of hydrogen-bond donors (Lipinski definition) is 2. The molecule has 2 N–H and O–H groups in total. The van der Waals surface area contributed by atoms with Gasteiger partial charge in [0.15, 0.2) is 0 Å². The number of anilines is 1. The molecule has 0 bridgehead atoms. The number of nitrogens with one attached hydrogen (secondary N) is 1. The van der Waals surface area contributed by atoms with Gasteiger partial charge in [-0.2, -0.15) is 5.06 Å². The van der Waals surface area contributed by atoms with Gasteiger partial charge in [0.1, 0.15) is 5.69 Å². The summed E-state index contributed by atoms with van der Waals surface area (Å²) in [5.41, 5.74) is 2.29. The molecule has 0 unspecified atom stereocenters. The second-order valence-corrected chi connectivity index (χ2v) is 5.14. The molecule has 0 aliphatic rings. The number of aromatic nitrogens is 1. The van der Waals surface area contributed by atoms with Crippen molar-refractivity contribution < 1.29 is 10.0 Å². The lowest BCUT2D eigenvalue weighted by Gasteiger charge is -2.13. The number of halogens is 1. The van der Waals surface area contributed by atoms with Crippen LogP contribution in [-0.2, 0) is 0 Å². The summed E-state index contributed by atoms with van der Waals surface area (Å²) in [5.74, 6) is -0.537. The second kappa shape index (κ2) is 6.05. The number of benzene rings is 2. The third-order valence-electron chi connectivity index (χ3n) is 3.29. The molecule has 3 aromatic rings. The summed E-state index contributed by atoms with van der Waals surface area (Å²) in [6.45, 7) is 0. The van der Waals surface area contributed by atoms with Crippen molar-refractivity contribution in [3.8, 4) is 11.1 Å². The van der Waals surface area contributed by atoms with Crippen LogP contribution in [0.4, 0.5) is 5.69 Å². The maximum atomic E-state index is 12.3. The zero-order chi connectivity index (χ0) is 15.5. The molecule has 0 aliphatic heterocycles. The van der Waals surface area contributed by atoms with Crippen LogP contribution < -0.4 is 5.06 Å². The van der Waals surface area contributed by atoms with Crippen LogP contribution in [0.3, 0.4) is 0 Å². The molecule has 0 radical (unpaired) electrons. The molecule has 3 rings (SSSR count). The standard InChI is InChI=1S/C17H13ClN2O2/c18-15-9-5-4-8-14(15)12-10-16(19-11-12)17(21)20(22)13-6-2-1-3-7-13/h1-11,19,22H. The van der Waals surface area contributed by atoms with Crippen LogP contribution in [-0.4, -0.2) is 16.1 Å². The van der Waals surface area contributed by atoms with Crippen molar-refractivity contribution in [2.75, 3.05) is 5.06 Å². The summed E-state index contributed by atoms with van der Waals surface area (Å²) in [7, 11) is 0. The van der Waals surface area contributed by atoms with Crippen molar-refractivity contribution >= 4 is 23.2 Å². The number of hydroxylamine groups is 1. The topological polar surface area (TPSA) is 56.3 Å². The van der Waals surface area contributed by atoms with Gasteiger partial charge in [-0.25, -0.2) is 0 Å². The molecule has 2 aromatic carbocycles. The molecular formula is C17H13ClN2O2. The number of H-pyrrole nitrogens is 1. The Hall–Kier alpha value is -2.56. The Morgan fingerprint density at radius 1 is 1.05 bits per heavy atom. The first-order chi connectivity index (χ1) is 10.7. The average molecular weight is 313 g/mol. The van der Waals surface area contributed by atoms with E-state index in [1.807, 2.05) is 24.3 Å². The molecule has 22 heavy (non-hydrogen) atoms. The van der Waals surface area contributed by atoms with Gasteiger partial charge in [0.25, 0.3) is 5.91 Å². The molecular weight excluding hydrogens is 300 g/mol. The molecule has 1 heterocycles. The number of nitrogens with zero attached hydrogens (tertiary/aromatic N) is 1. The van der Waals surface area contributed by atoms with Crippen molar-refractivity contribution in [1.82, 2.24) is 4.98 Å². The number of carbonyl (C=O) groups excluding carboxylic acids is 1. The number of para-hydroxylation sites is 1. The van der Waals surface area contributed by atoms with Gasteiger partial charge in [0, 0.05) is 22.3 Å². The second-order valence-electron chi connectivity index (χ2n) is 4.73. The van der Waals surface area contributed by atoms with Gasteiger partial charge in [0.05, 0.1) is 5.69 Å². The van der Waals surface area contributed by atoms with E-state index in [0.717, 1.165) is 11.1 Å². The first-order valence-corrected chi connectivity index (χ1v) is 7.06. The summed E-state index contributed by atoms with van der Waals surface area (Å²) in [4.78, 5) is 15.2. The summed E-state index contributed by atoms with van der Waals surface area (Å²) < 4.78 is 0. The van der Waals surface area contributed by atoms with Crippen LogP contribution >= 0.6 is 11.6 Å². The fourth-order valence-corrected chi connectivity index (χ4v) is 2.41. The highest BCUT2D eigenvalue weighted by atomic mass is 35.5. The van der Waals surface area contributed by atoms with Crippen LogP contribution in [0.15, 0.2) is 66.9 Å². The number of amides is 1. The van der Waals surface area contributed by atoms with Gasteiger partial charge < -0.3 is 4.98 Å². The number of carbonyl (C=O) groups is 1. The molecule has 1 amide bonds. The summed E-state index contributed by atoms with van der Waals surface area (Å²) in [6.07, 6.45) is 1.69. The van der Waals surface area contributed by atoms with E-state index >= 15 is 0 Å². The maximum Gasteiger partial charge on any atom is 0.298 e. The van der Waals surface area contributed by atoms with Crippen molar-refractivity contribution in [2.24, 2.45) is 0 Å². The lowest BCUT2D eigenvalue weighted by molar-refractivity contribution is 0.0850. The third kappa shape index (κ3) is 2.74. The molecule has 1 aromatic heterocycles.